The zero-order valence-electron chi connectivity index (χ0n) is 12.4. The lowest BCUT2D eigenvalue weighted by Crippen LogP contribution is -2.49. The maximum atomic E-state index is 12.2. The molecule has 0 saturated carbocycles. The first-order chi connectivity index (χ1) is 10.1. The van der Waals surface area contributed by atoms with Crippen LogP contribution in [0.1, 0.15) is 18.9 Å². The zero-order valence-corrected chi connectivity index (χ0v) is 12.4. The molecule has 0 saturated heterocycles. The quantitative estimate of drug-likeness (QED) is 0.799. The molecule has 1 aliphatic rings. The van der Waals surface area contributed by atoms with Gasteiger partial charge in [-0.15, -0.1) is 0 Å². The number of ether oxygens (including phenoxy) is 3. The van der Waals surface area contributed by atoms with Crippen LogP contribution in [0.25, 0.3) is 0 Å². The first kappa shape index (κ1) is 15.2. The maximum Gasteiger partial charge on any atom is 0.415 e. The van der Waals surface area contributed by atoms with Crippen LogP contribution in [0.4, 0.5) is 10.5 Å². The minimum Gasteiger partial charge on any atom is -0.497 e. The Kier molecular flexibility index (Phi) is 4.67. The zero-order chi connectivity index (χ0) is 15.4. The molecule has 1 amide bonds. The Balaban J connectivity index is 2.42. The van der Waals surface area contributed by atoms with Crippen LogP contribution in [0, 0.1) is 0 Å². The SMILES string of the molecule is CCOC(=O)N1c2ccc(OC)cc2CC[C@@H]1C(=O)OC. The largest absolute Gasteiger partial charge is 0.497 e. The van der Waals surface area contributed by atoms with Crippen molar-refractivity contribution in [2.24, 2.45) is 0 Å². The van der Waals surface area contributed by atoms with Crippen molar-refractivity contribution in [1.82, 2.24) is 0 Å². The van der Waals surface area contributed by atoms with Crippen LogP contribution >= 0.6 is 0 Å². The molecule has 6 nitrogen and oxygen atoms in total. The summed E-state index contributed by atoms with van der Waals surface area (Å²) < 4.78 is 15.1. The van der Waals surface area contributed by atoms with Crippen molar-refractivity contribution < 1.29 is 23.8 Å². The number of carbonyl (C=O) groups is 2. The van der Waals surface area contributed by atoms with E-state index in [1.165, 1.54) is 12.0 Å². The summed E-state index contributed by atoms with van der Waals surface area (Å²) in [7, 11) is 2.90. The van der Waals surface area contributed by atoms with Crippen LogP contribution in [-0.4, -0.2) is 38.9 Å². The summed E-state index contributed by atoms with van der Waals surface area (Å²) in [6.07, 6.45) is 0.618. The molecule has 6 heteroatoms. The van der Waals surface area contributed by atoms with E-state index in [0.717, 1.165) is 5.56 Å². The molecule has 0 radical (unpaired) electrons. The van der Waals surface area contributed by atoms with Crippen molar-refractivity contribution in [2.45, 2.75) is 25.8 Å². The first-order valence-electron chi connectivity index (χ1n) is 6.83. The van der Waals surface area contributed by atoms with Gasteiger partial charge in [0.25, 0.3) is 0 Å². The van der Waals surface area contributed by atoms with E-state index in [-0.39, 0.29) is 6.61 Å². The van der Waals surface area contributed by atoms with Crippen molar-refractivity contribution in [3.05, 3.63) is 23.8 Å². The summed E-state index contributed by atoms with van der Waals surface area (Å²) in [5.74, 6) is 0.276. The summed E-state index contributed by atoms with van der Waals surface area (Å²) >= 11 is 0. The number of amides is 1. The molecule has 1 aliphatic heterocycles. The number of fused-ring (bicyclic) bond motifs is 1. The number of methoxy groups -OCH3 is 2. The van der Waals surface area contributed by atoms with E-state index < -0.39 is 18.1 Å². The first-order valence-corrected chi connectivity index (χ1v) is 6.83. The van der Waals surface area contributed by atoms with Gasteiger partial charge in [-0.25, -0.2) is 9.59 Å². The molecule has 114 valence electrons. The second-order valence-corrected chi connectivity index (χ2v) is 4.64. The lowest BCUT2D eigenvalue weighted by Gasteiger charge is -2.34. The van der Waals surface area contributed by atoms with Crippen LogP contribution in [-0.2, 0) is 20.7 Å². The van der Waals surface area contributed by atoms with Gasteiger partial charge < -0.3 is 14.2 Å². The van der Waals surface area contributed by atoms with E-state index in [4.69, 9.17) is 14.2 Å². The highest BCUT2D eigenvalue weighted by Crippen LogP contribution is 2.34. The summed E-state index contributed by atoms with van der Waals surface area (Å²) in [4.78, 5) is 25.5. The summed E-state index contributed by atoms with van der Waals surface area (Å²) in [5, 5.41) is 0. The van der Waals surface area contributed by atoms with E-state index in [9.17, 15) is 9.59 Å². The molecular weight excluding hydrogens is 274 g/mol. The van der Waals surface area contributed by atoms with Gasteiger partial charge in [-0.2, -0.15) is 0 Å². The Labute approximate surface area is 123 Å². The van der Waals surface area contributed by atoms with Gasteiger partial charge in [0.15, 0.2) is 0 Å². The third-order valence-corrected chi connectivity index (χ3v) is 3.48. The van der Waals surface area contributed by atoms with E-state index in [1.807, 2.05) is 6.07 Å². The average molecular weight is 293 g/mol. The van der Waals surface area contributed by atoms with Gasteiger partial charge in [-0.3, -0.25) is 4.90 Å². The van der Waals surface area contributed by atoms with E-state index in [1.54, 1.807) is 26.2 Å². The van der Waals surface area contributed by atoms with Crippen molar-refractivity contribution in [2.75, 3.05) is 25.7 Å². The molecule has 0 spiro atoms. The van der Waals surface area contributed by atoms with Crippen LogP contribution in [0.3, 0.4) is 0 Å². The predicted octanol–water partition coefficient (Wildman–Crippen LogP) is 2.15. The van der Waals surface area contributed by atoms with E-state index >= 15 is 0 Å². The third kappa shape index (κ3) is 2.94. The highest BCUT2D eigenvalue weighted by atomic mass is 16.6. The Bertz CT molecular complexity index is 543. The number of hydrogen-bond acceptors (Lipinski definition) is 5. The normalized spacial score (nSPS) is 16.9. The molecule has 21 heavy (non-hydrogen) atoms. The second kappa shape index (κ2) is 6.47. The highest BCUT2D eigenvalue weighted by Gasteiger charge is 2.37. The number of nitrogens with zero attached hydrogens (tertiary/aromatic N) is 1. The molecule has 1 aromatic rings. The van der Waals surface area contributed by atoms with Gasteiger partial charge >= 0.3 is 12.1 Å². The van der Waals surface area contributed by atoms with E-state index in [2.05, 4.69) is 0 Å². The number of esters is 1. The molecule has 0 N–H and O–H groups in total. The number of benzene rings is 1. The maximum absolute atomic E-state index is 12.2. The summed E-state index contributed by atoms with van der Waals surface area (Å²) in [6.45, 7) is 1.97. The standard InChI is InChI=1S/C15H19NO5/c1-4-21-15(18)16-12-8-6-11(19-2)9-10(12)5-7-13(16)14(17)20-3/h6,8-9,13H,4-5,7H2,1-3H3/t13-/m1/s1. The van der Waals surface area contributed by atoms with Gasteiger partial charge in [0.2, 0.25) is 0 Å². The fourth-order valence-corrected chi connectivity index (χ4v) is 2.49. The molecule has 1 aromatic carbocycles. The molecular formula is C15H19NO5. The summed E-state index contributed by atoms with van der Waals surface area (Å²) in [5.41, 5.74) is 1.61. The fraction of sp³-hybridized carbons (Fsp3) is 0.467. The number of aryl methyl sites for hydroxylation is 1. The van der Waals surface area contributed by atoms with Gasteiger partial charge in [-0.1, -0.05) is 0 Å². The van der Waals surface area contributed by atoms with Crippen LogP contribution in [0.5, 0.6) is 5.75 Å². The van der Waals surface area contributed by atoms with Gasteiger partial charge in [0, 0.05) is 0 Å². The van der Waals surface area contributed by atoms with Crippen LogP contribution in [0.2, 0.25) is 0 Å². The number of carbonyl (C=O) groups excluding carboxylic acids is 2. The Hall–Kier alpha value is -2.24. The molecule has 0 bridgehead atoms. The second-order valence-electron chi connectivity index (χ2n) is 4.64. The third-order valence-electron chi connectivity index (χ3n) is 3.48. The van der Waals surface area contributed by atoms with Crippen LogP contribution in [0.15, 0.2) is 18.2 Å². The van der Waals surface area contributed by atoms with Gasteiger partial charge in [-0.05, 0) is 43.5 Å². The Morgan fingerprint density at radius 2 is 2.10 bits per heavy atom. The Morgan fingerprint density at radius 3 is 2.71 bits per heavy atom. The molecule has 1 heterocycles. The molecule has 0 unspecified atom stereocenters. The highest BCUT2D eigenvalue weighted by molar-refractivity contribution is 5.97. The lowest BCUT2D eigenvalue weighted by molar-refractivity contribution is -0.142. The van der Waals surface area contributed by atoms with Gasteiger partial charge in [0.05, 0.1) is 26.5 Å². The van der Waals surface area contributed by atoms with Crippen molar-refractivity contribution >= 4 is 17.7 Å². The topological polar surface area (TPSA) is 65.1 Å². The summed E-state index contributed by atoms with van der Waals surface area (Å²) in [6, 6.07) is 4.73. The molecule has 2 rings (SSSR count). The predicted molar refractivity (Wildman–Crippen MR) is 76.6 cm³/mol. The number of hydrogen-bond donors (Lipinski definition) is 0. The molecule has 0 aliphatic carbocycles. The van der Waals surface area contributed by atoms with Crippen molar-refractivity contribution in [3.8, 4) is 5.75 Å². The molecule has 0 aromatic heterocycles. The fourth-order valence-electron chi connectivity index (χ4n) is 2.49. The van der Waals surface area contributed by atoms with Crippen LogP contribution < -0.4 is 9.64 Å². The molecule has 0 fully saturated rings. The lowest BCUT2D eigenvalue weighted by atomic mass is 9.96. The number of rotatable bonds is 3. The minimum absolute atomic E-state index is 0.245. The molecule has 1 atom stereocenters. The Morgan fingerprint density at radius 1 is 1.33 bits per heavy atom. The minimum atomic E-state index is -0.657. The smallest absolute Gasteiger partial charge is 0.415 e. The monoisotopic (exact) mass is 293 g/mol. The van der Waals surface area contributed by atoms with E-state index in [0.29, 0.717) is 24.3 Å². The van der Waals surface area contributed by atoms with Crippen molar-refractivity contribution in [1.29, 1.82) is 0 Å². The van der Waals surface area contributed by atoms with Crippen molar-refractivity contribution in [3.63, 3.8) is 0 Å². The average Bonchev–Trinajstić information content (AvgIpc) is 2.52. The van der Waals surface area contributed by atoms with Gasteiger partial charge in [0.1, 0.15) is 11.8 Å². The number of anilines is 1.